The molecular formula is C22H34ClN3O3S. The highest BCUT2D eigenvalue weighted by Crippen LogP contribution is 2.28. The number of carbonyl (C=O) groups is 1. The Morgan fingerprint density at radius 3 is 2.23 bits per heavy atom. The van der Waals surface area contributed by atoms with Crippen LogP contribution in [0.1, 0.15) is 62.7 Å². The molecule has 2 fully saturated rings. The first-order valence-corrected chi connectivity index (χ1v) is 12.8. The second-order valence-corrected chi connectivity index (χ2v) is 11.1. The molecule has 168 valence electrons. The minimum Gasteiger partial charge on any atom is -0.339 e. The van der Waals surface area contributed by atoms with Crippen molar-refractivity contribution < 1.29 is 13.2 Å². The fourth-order valence-electron chi connectivity index (χ4n) is 4.41. The number of hydrogen-bond donors (Lipinski definition) is 0. The lowest BCUT2D eigenvalue weighted by atomic mass is 10.0. The molecule has 1 aromatic carbocycles. The molecule has 2 saturated heterocycles. The molecule has 0 unspecified atom stereocenters. The van der Waals surface area contributed by atoms with Crippen LogP contribution in [-0.2, 0) is 10.0 Å². The van der Waals surface area contributed by atoms with E-state index in [0.29, 0.717) is 24.7 Å². The first-order valence-electron chi connectivity index (χ1n) is 11.0. The van der Waals surface area contributed by atoms with Crippen LogP contribution in [0.2, 0.25) is 5.02 Å². The van der Waals surface area contributed by atoms with E-state index in [1.807, 2.05) is 7.05 Å². The van der Waals surface area contributed by atoms with Gasteiger partial charge in [-0.25, -0.2) is 8.42 Å². The Balaban J connectivity index is 1.78. The van der Waals surface area contributed by atoms with Gasteiger partial charge in [-0.1, -0.05) is 24.4 Å². The van der Waals surface area contributed by atoms with Crippen LogP contribution in [0.4, 0.5) is 0 Å². The summed E-state index contributed by atoms with van der Waals surface area (Å²) in [6.07, 6.45) is 5.64. The van der Waals surface area contributed by atoms with Gasteiger partial charge in [0, 0.05) is 50.9 Å². The summed E-state index contributed by atoms with van der Waals surface area (Å²) in [5.41, 5.74) is 0.376. The molecular weight excluding hydrogens is 422 g/mol. The van der Waals surface area contributed by atoms with Crippen molar-refractivity contribution >= 4 is 27.5 Å². The number of benzene rings is 1. The van der Waals surface area contributed by atoms with Gasteiger partial charge in [-0.3, -0.25) is 4.79 Å². The lowest BCUT2D eigenvalue weighted by Crippen LogP contribution is -2.47. The molecule has 3 rings (SSSR count). The number of piperidine rings is 1. The van der Waals surface area contributed by atoms with Crippen molar-refractivity contribution in [3.8, 4) is 0 Å². The highest BCUT2D eigenvalue weighted by molar-refractivity contribution is 7.89. The molecule has 0 saturated carbocycles. The van der Waals surface area contributed by atoms with Gasteiger partial charge >= 0.3 is 0 Å². The Bertz CT molecular complexity index is 843. The van der Waals surface area contributed by atoms with Gasteiger partial charge in [0.15, 0.2) is 0 Å². The number of rotatable bonds is 5. The molecule has 0 aliphatic carbocycles. The lowest BCUT2D eigenvalue weighted by molar-refractivity contribution is 0.0615. The highest BCUT2D eigenvalue weighted by Gasteiger charge is 2.30. The third kappa shape index (κ3) is 5.18. The van der Waals surface area contributed by atoms with Gasteiger partial charge in [-0.15, -0.1) is 0 Å². The van der Waals surface area contributed by atoms with Crippen LogP contribution in [0.3, 0.4) is 0 Å². The monoisotopic (exact) mass is 455 g/mol. The number of hydrogen-bond acceptors (Lipinski definition) is 4. The number of halogens is 1. The molecule has 2 aliphatic rings. The van der Waals surface area contributed by atoms with Crippen molar-refractivity contribution in [2.24, 2.45) is 0 Å². The maximum absolute atomic E-state index is 13.2. The fourth-order valence-corrected chi connectivity index (χ4v) is 6.43. The Morgan fingerprint density at radius 1 is 1.07 bits per heavy atom. The molecule has 1 aromatic rings. The van der Waals surface area contributed by atoms with Crippen molar-refractivity contribution in [1.29, 1.82) is 0 Å². The number of likely N-dealkylation sites (tertiary alicyclic amines) is 1. The summed E-state index contributed by atoms with van der Waals surface area (Å²) in [5.74, 6) is -0.151. The van der Waals surface area contributed by atoms with Crippen LogP contribution in [0.15, 0.2) is 23.1 Å². The highest BCUT2D eigenvalue weighted by atomic mass is 35.5. The number of nitrogens with zero attached hydrogens (tertiary/aromatic N) is 3. The molecule has 6 nitrogen and oxygen atoms in total. The second kappa shape index (κ2) is 9.98. The molecule has 0 spiro atoms. The minimum absolute atomic E-state index is 0.0416. The smallest absolute Gasteiger partial charge is 0.253 e. The van der Waals surface area contributed by atoms with Gasteiger partial charge in [0.05, 0.1) is 5.02 Å². The largest absolute Gasteiger partial charge is 0.339 e. The van der Waals surface area contributed by atoms with Crippen molar-refractivity contribution in [3.63, 3.8) is 0 Å². The molecule has 2 heterocycles. The maximum Gasteiger partial charge on any atom is 0.253 e. The quantitative estimate of drug-likeness (QED) is 0.676. The summed E-state index contributed by atoms with van der Waals surface area (Å²) in [7, 11) is -1.90. The predicted molar refractivity (Wildman–Crippen MR) is 121 cm³/mol. The number of carbonyl (C=O) groups excluding carboxylic acids is 1. The van der Waals surface area contributed by atoms with Crippen LogP contribution >= 0.6 is 11.6 Å². The van der Waals surface area contributed by atoms with Gasteiger partial charge in [-0.05, 0) is 57.7 Å². The Hall–Kier alpha value is -1.15. The first kappa shape index (κ1) is 23.5. The van der Waals surface area contributed by atoms with Crippen LogP contribution in [0, 0.1) is 0 Å². The average Bonchev–Trinajstić information content (AvgIpc) is 3.03. The third-order valence-corrected chi connectivity index (χ3v) is 8.84. The molecule has 30 heavy (non-hydrogen) atoms. The summed E-state index contributed by atoms with van der Waals surface area (Å²) >= 11 is 6.28. The van der Waals surface area contributed by atoms with Crippen LogP contribution in [-0.4, -0.2) is 73.7 Å². The van der Waals surface area contributed by atoms with Crippen molar-refractivity contribution in [3.05, 3.63) is 28.8 Å². The summed E-state index contributed by atoms with van der Waals surface area (Å²) in [4.78, 5) is 17.4. The predicted octanol–water partition coefficient (Wildman–Crippen LogP) is 3.85. The summed E-state index contributed by atoms with van der Waals surface area (Å²) in [6, 6.07) is 5.30. The molecule has 0 aromatic heterocycles. The Morgan fingerprint density at radius 2 is 1.67 bits per heavy atom. The van der Waals surface area contributed by atoms with E-state index in [4.69, 9.17) is 11.6 Å². The second-order valence-electron chi connectivity index (χ2n) is 8.74. The zero-order valence-corrected chi connectivity index (χ0v) is 19.9. The van der Waals surface area contributed by atoms with Gasteiger partial charge < -0.3 is 9.80 Å². The number of sulfonamides is 1. The molecule has 8 heteroatoms. The van der Waals surface area contributed by atoms with Gasteiger partial charge in [0.25, 0.3) is 5.91 Å². The number of amides is 1. The zero-order chi connectivity index (χ0) is 21.9. The van der Waals surface area contributed by atoms with Gasteiger partial charge in [0.2, 0.25) is 10.0 Å². The van der Waals surface area contributed by atoms with Crippen LogP contribution in [0.25, 0.3) is 0 Å². The molecule has 2 aliphatic heterocycles. The molecule has 0 atom stereocenters. The van der Waals surface area contributed by atoms with E-state index in [9.17, 15) is 13.2 Å². The van der Waals surface area contributed by atoms with E-state index in [-0.39, 0.29) is 21.9 Å². The molecule has 0 N–H and O–H groups in total. The van der Waals surface area contributed by atoms with Crippen LogP contribution < -0.4 is 0 Å². The van der Waals surface area contributed by atoms with E-state index < -0.39 is 10.0 Å². The fraction of sp³-hybridized carbons (Fsp3) is 0.682. The summed E-state index contributed by atoms with van der Waals surface area (Å²) in [5, 5.41) is 0.170. The molecule has 1 amide bonds. The third-order valence-electron chi connectivity index (χ3n) is 6.46. The normalized spacial score (nSPS) is 20.3. The van der Waals surface area contributed by atoms with Crippen molar-refractivity contribution in [2.75, 3.05) is 33.2 Å². The van der Waals surface area contributed by atoms with E-state index in [1.54, 1.807) is 11.0 Å². The van der Waals surface area contributed by atoms with Crippen LogP contribution in [0.5, 0.6) is 0 Å². The zero-order valence-electron chi connectivity index (χ0n) is 18.3. The minimum atomic E-state index is -3.72. The molecule has 0 radical (unpaired) electrons. The maximum atomic E-state index is 13.2. The van der Waals surface area contributed by atoms with E-state index in [2.05, 4.69) is 18.7 Å². The molecule has 0 bridgehead atoms. The first-order chi connectivity index (χ1) is 14.2. The van der Waals surface area contributed by atoms with E-state index in [0.717, 1.165) is 51.6 Å². The summed E-state index contributed by atoms with van der Waals surface area (Å²) in [6.45, 7) is 7.32. The van der Waals surface area contributed by atoms with Crippen molar-refractivity contribution in [1.82, 2.24) is 14.1 Å². The lowest BCUT2D eigenvalue weighted by Gasteiger charge is -2.38. The van der Waals surface area contributed by atoms with E-state index in [1.165, 1.54) is 16.4 Å². The van der Waals surface area contributed by atoms with Gasteiger partial charge in [0.1, 0.15) is 4.90 Å². The standard InChI is InChI=1S/C22H34ClN3O3S/c1-17(2)25-14-10-19(11-15-25)24(3)22(27)18-8-9-20(23)21(16-18)30(28,29)26-12-6-4-5-7-13-26/h8-9,16-17,19H,4-7,10-15H2,1-3H3. The average molecular weight is 456 g/mol. The van der Waals surface area contributed by atoms with E-state index >= 15 is 0 Å². The Kier molecular flexibility index (Phi) is 7.82. The summed E-state index contributed by atoms with van der Waals surface area (Å²) < 4.78 is 28.0. The Labute approximate surface area is 186 Å². The van der Waals surface area contributed by atoms with Gasteiger partial charge in [-0.2, -0.15) is 4.31 Å². The SMILES string of the molecule is CC(C)N1CCC(N(C)C(=O)c2ccc(Cl)c(S(=O)(=O)N3CCCCCC3)c2)CC1. The van der Waals surface area contributed by atoms with Crippen molar-refractivity contribution in [2.45, 2.75) is 69.4 Å². The topological polar surface area (TPSA) is 60.9 Å².